The van der Waals surface area contributed by atoms with Crippen LogP contribution in [0.4, 0.5) is 0 Å². The SMILES string of the molecule is CC(C(=O)O)C1=NOC(c2ccccc2)(c2ccccc2)C1. The molecule has 4 nitrogen and oxygen atoms in total. The van der Waals surface area contributed by atoms with Crippen molar-refractivity contribution in [1.82, 2.24) is 0 Å². The average Bonchev–Trinajstić information content (AvgIpc) is 3.02. The number of rotatable bonds is 4. The molecular formula is C18H17NO3. The predicted molar refractivity (Wildman–Crippen MR) is 83.6 cm³/mol. The molecule has 0 spiro atoms. The third-order valence-electron chi connectivity index (χ3n) is 4.10. The molecular weight excluding hydrogens is 278 g/mol. The number of aliphatic carboxylic acids is 1. The fourth-order valence-corrected chi connectivity index (χ4v) is 2.72. The van der Waals surface area contributed by atoms with E-state index in [9.17, 15) is 9.90 Å². The van der Waals surface area contributed by atoms with Gasteiger partial charge >= 0.3 is 5.97 Å². The quantitative estimate of drug-likeness (QED) is 0.940. The van der Waals surface area contributed by atoms with E-state index >= 15 is 0 Å². The molecule has 0 amide bonds. The second kappa shape index (κ2) is 5.64. The summed E-state index contributed by atoms with van der Waals surface area (Å²) in [6.07, 6.45) is 0.439. The summed E-state index contributed by atoms with van der Waals surface area (Å²) in [6.45, 7) is 1.64. The monoisotopic (exact) mass is 295 g/mol. The number of carboxylic acid groups (broad SMARTS) is 1. The molecule has 1 aliphatic rings. The topological polar surface area (TPSA) is 58.9 Å². The van der Waals surface area contributed by atoms with Crippen LogP contribution in [0, 0.1) is 5.92 Å². The van der Waals surface area contributed by atoms with Crippen LogP contribution in [0.1, 0.15) is 24.5 Å². The molecule has 112 valence electrons. The molecule has 0 aromatic heterocycles. The van der Waals surface area contributed by atoms with E-state index in [-0.39, 0.29) is 0 Å². The Hall–Kier alpha value is -2.62. The molecule has 1 aliphatic heterocycles. The van der Waals surface area contributed by atoms with Crippen LogP contribution in [0.3, 0.4) is 0 Å². The number of benzene rings is 2. The van der Waals surface area contributed by atoms with E-state index in [4.69, 9.17) is 4.84 Å². The first-order chi connectivity index (χ1) is 10.6. The summed E-state index contributed by atoms with van der Waals surface area (Å²) in [4.78, 5) is 17.1. The zero-order valence-electron chi connectivity index (χ0n) is 12.3. The van der Waals surface area contributed by atoms with Gasteiger partial charge in [-0.3, -0.25) is 4.79 Å². The third kappa shape index (κ3) is 2.37. The van der Waals surface area contributed by atoms with Gasteiger partial charge in [0.05, 0.1) is 11.6 Å². The highest BCUT2D eigenvalue weighted by atomic mass is 16.7. The van der Waals surface area contributed by atoms with E-state index in [0.717, 1.165) is 11.1 Å². The highest BCUT2D eigenvalue weighted by Crippen LogP contribution is 2.42. The summed E-state index contributed by atoms with van der Waals surface area (Å²) in [5.41, 5.74) is 1.75. The Balaban J connectivity index is 2.03. The lowest BCUT2D eigenvalue weighted by atomic mass is 9.81. The minimum atomic E-state index is -0.890. The van der Waals surface area contributed by atoms with E-state index < -0.39 is 17.5 Å². The van der Waals surface area contributed by atoms with E-state index in [1.165, 1.54) is 0 Å². The maximum absolute atomic E-state index is 11.2. The number of carbonyl (C=O) groups is 1. The minimum absolute atomic E-state index is 0.439. The molecule has 0 fully saturated rings. The molecule has 2 aromatic carbocycles. The molecule has 1 unspecified atom stereocenters. The van der Waals surface area contributed by atoms with E-state index in [0.29, 0.717) is 12.1 Å². The third-order valence-corrected chi connectivity index (χ3v) is 4.10. The number of hydrogen-bond donors (Lipinski definition) is 1. The predicted octanol–water partition coefficient (Wildman–Crippen LogP) is 3.43. The smallest absolute Gasteiger partial charge is 0.312 e. The van der Waals surface area contributed by atoms with Crippen molar-refractivity contribution in [3.63, 3.8) is 0 Å². The van der Waals surface area contributed by atoms with Crippen molar-refractivity contribution < 1.29 is 14.7 Å². The van der Waals surface area contributed by atoms with Gasteiger partial charge in [-0.05, 0) is 6.92 Å². The summed E-state index contributed by atoms with van der Waals surface area (Å²) in [6, 6.07) is 19.6. The number of nitrogens with zero attached hydrogens (tertiary/aromatic N) is 1. The van der Waals surface area contributed by atoms with Crippen LogP contribution in [0.2, 0.25) is 0 Å². The molecule has 1 heterocycles. The normalized spacial score (nSPS) is 17.4. The van der Waals surface area contributed by atoms with Crippen molar-refractivity contribution >= 4 is 11.7 Å². The Bertz CT molecular complexity index is 655. The summed E-state index contributed by atoms with van der Waals surface area (Å²) >= 11 is 0. The highest BCUT2D eigenvalue weighted by molar-refractivity contribution is 6.02. The van der Waals surface area contributed by atoms with Crippen molar-refractivity contribution in [3.8, 4) is 0 Å². The average molecular weight is 295 g/mol. The fraction of sp³-hybridized carbons (Fsp3) is 0.222. The first kappa shape index (κ1) is 14.3. The number of carboxylic acids is 1. The Morgan fingerprint density at radius 1 is 1.09 bits per heavy atom. The van der Waals surface area contributed by atoms with E-state index in [1.54, 1.807) is 6.92 Å². The summed E-state index contributed by atoms with van der Waals surface area (Å²) < 4.78 is 0. The van der Waals surface area contributed by atoms with Crippen molar-refractivity contribution in [2.24, 2.45) is 11.1 Å². The van der Waals surface area contributed by atoms with E-state index in [2.05, 4.69) is 5.16 Å². The zero-order valence-corrected chi connectivity index (χ0v) is 12.3. The van der Waals surface area contributed by atoms with Gasteiger partial charge in [0.25, 0.3) is 0 Å². The molecule has 1 N–H and O–H groups in total. The number of hydrogen-bond acceptors (Lipinski definition) is 3. The molecule has 0 aliphatic carbocycles. The molecule has 4 heteroatoms. The van der Waals surface area contributed by atoms with Gasteiger partial charge < -0.3 is 9.94 Å². The molecule has 22 heavy (non-hydrogen) atoms. The van der Waals surface area contributed by atoms with Crippen molar-refractivity contribution in [3.05, 3.63) is 71.8 Å². The lowest BCUT2D eigenvalue weighted by Crippen LogP contribution is -2.30. The van der Waals surface area contributed by atoms with Gasteiger partial charge in [0.15, 0.2) is 5.60 Å². The second-order valence-corrected chi connectivity index (χ2v) is 5.47. The molecule has 0 bridgehead atoms. The second-order valence-electron chi connectivity index (χ2n) is 5.47. The van der Waals surface area contributed by atoms with Crippen LogP contribution in [-0.2, 0) is 15.2 Å². The van der Waals surface area contributed by atoms with Gasteiger partial charge in [-0.25, -0.2) is 0 Å². The van der Waals surface area contributed by atoms with Crippen LogP contribution >= 0.6 is 0 Å². The Morgan fingerprint density at radius 3 is 2.05 bits per heavy atom. The minimum Gasteiger partial charge on any atom is -0.481 e. The largest absolute Gasteiger partial charge is 0.481 e. The van der Waals surface area contributed by atoms with Gasteiger partial charge in [0.2, 0.25) is 0 Å². The van der Waals surface area contributed by atoms with Gasteiger partial charge in [0, 0.05) is 17.5 Å². The van der Waals surface area contributed by atoms with Crippen molar-refractivity contribution in [2.45, 2.75) is 18.9 Å². The summed E-state index contributed by atoms with van der Waals surface area (Å²) in [7, 11) is 0. The Labute approximate surface area is 129 Å². The molecule has 2 aromatic rings. The van der Waals surface area contributed by atoms with Crippen LogP contribution in [0.5, 0.6) is 0 Å². The molecule has 0 radical (unpaired) electrons. The lowest BCUT2D eigenvalue weighted by Gasteiger charge is -2.28. The first-order valence-electron chi connectivity index (χ1n) is 7.22. The maximum Gasteiger partial charge on any atom is 0.312 e. The lowest BCUT2D eigenvalue weighted by molar-refractivity contribution is -0.138. The van der Waals surface area contributed by atoms with Gasteiger partial charge in [-0.1, -0.05) is 65.8 Å². The highest BCUT2D eigenvalue weighted by Gasteiger charge is 2.44. The number of oxime groups is 1. The van der Waals surface area contributed by atoms with Gasteiger partial charge in [-0.2, -0.15) is 0 Å². The van der Waals surface area contributed by atoms with Crippen molar-refractivity contribution in [2.75, 3.05) is 0 Å². The molecule has 1 atom stereocenters. The Kier molecular flexibility index (Phi) is 3.67. The zero-order chi connectivity index (χ0) is 15.6. The van der Waals surface area contributed by atoms with Gasteiger partial charge in [0.1, 0.15) is 0 Å². The molecule has 0 saturated carbocycles. The maximum atomic E-state index is 11.2. The molecule has 3 rings (SSSR count). The van der Waals surface area contributed by atoms with Crippen LogP contribution in [0.15, 0.2) is 65.8 Å². The van der Waals surface area contributed by atoms with Gasteiger partial charge in [-0.15, -0.1) is 0 Å². The van der Waals surface area contributed by atoms with Crippen LogP contribution in [0.25, 0.3) is 0 Å². The summed E-state index contributed by atoms with van der Waals surface area (Å²) in [5.74, 6) is -1.55. The Morgan fingerprint density at radius 2 is 1.59 bits per heavy atom. The van der Waals surface area contributed by atoms with Crippen molar-refractivity contribution in [1.29, 1.82) is 0 Å². The van der Waals surface area contributed by atoms with Crippen LogP contribution in [-0.4, -0.2) is 16.8 Å². The summed E-state index contributed by atoms with van der Waals surface area (Å²) in [5, 5.41) is 13.3. The molecule has 0 saturated heterocycles. The fourth-order valence-electron chi connectivity index (χ4n) is 2.72. The van der Waals surface area contributed by atoms with E-state index in [1.807, 2.05) is 60.7 Å². The first-order valence-corrected chi connectivity index (χ1v) is 7.22. The standard InChI is InChI=1S/C18H17NO3/c1-13(17(20)21)16-12-18(22-19-16,14-8-4-2-5-9-14)15-10-6-3-7-11-15/h2-11,13H,12H2,1H3,(H,20,21). The van der Waals surface area contributed by atoms with Crippen LogP contribution < -0.4 is 0 Å².